The van der Waals surface area contributed by atoms with E-state index in [4.69, 9.17) is 4.42 Å². The molecule has 1 fully saturated rings. The molecule has 1 N–H and O–H groups in total. The van der Waals surface area contributed by atoms with Gasteiger partial charge in [0.05, 0.1) is 6.26 Å². The Labute approximate surface area is 192 Å². The van der Waals surface area contributed by atoms with Crippen LogP contribution in [0.25, 0.3) is 22.6 Å². The number of amides is 1. The van der Waals surface area contributed by atoms with Gasteiger partial charge in [-0.15, -0.1) is 10.2 Å². The number of nitrogens with one attached hydrogen (secondary N) is 1. The maximum absolute atomic E-state index is 12.9. The van der Waals surface area contributed by atoms with Gasteiger partial charge in [-0.3, -0.25) is 4.79 Å². The van der Waals surface area contributed by atoms with Crippen molar-refractivity contribution in [1.29, 1.82) is 0 Å². The van der Waals surface area contributed by atoms with Crippen molar-refractivity contribution in [2.75, 3.05) is 23.3 Å². The van der Waals surface area contributed by atoms with Crippen LogP contribution in [0.1, 0.15) is 24.0 Å². The van der Waals surface area contributed by atoms with E-state index >= 15 is 0 Å². The van der Waals surface area contributed by atoms with Crippen molar-refractivity contribution < 1.29 is 9.21 Å². The summed E-state index contributed by atoms with van der Waals surface area (Å²) in [6, 6.07) is 22.4. The minimum absolute atomic E-state index is 0.00190. The van der Waals surface area contributed by atoms with Crippen molar-refractivity contribution in [2.45, 2.75) is 19.3 Å². The number of nitrogens with zero attached hydrogens (tertiary/aromatic N) is 3. The number of benzene rings is 2. The van der Waals surface area contributed by atoms with E-state index in [-0.39, 0.29) is 11.8 Å². The van der Waals surface area contributed by atoms with Gasteiger partial charge in [-0.25, -0.2) is 0 Å². The highest BCUT2D eigenvalue weighted by Crippen LogP contribution is 2.37. The Kier molecular flexibility index (Phi) is 4.91. The van der Waals surface area contributed by atoms with E-state index in [9.17, 15) is 4.79 Å². The highest BCUT2D eigenvalue weighted by atomic mass is 16.3. The van der Waals surface area contributed by atoms with E-state index in [2.05, 4.69) is 56.8 Å². The fraction of sp³-hybridized carbons (Fsp3) is 0.222. The van der Waals surface area contributed by atoms with E-state index in [1.807, 2.05) is 30.3 Å². The Morgan fingerprint density at radius 3 is 2.55 bits per heavy atom. The fourth-order valence-electron chi connectivity index (χ4n) is 4.89. The molecule has 2 aromatic carbocycles. The predicted octanol–water partition coefficient (Wildman–Crippen LogP) is 5.16. The van der Waals surface area contributed by atoms with Gasteiger partial charge in [-0.05, 0) is 77.9 Å². The molecule has 2 aliphatic rings. The molecular weight excluding hydrogens is 412 g/mol. The second-order valence-corrected chi connectivity index (χ2v) is 8.71. The number of furan rings is 1. The first kappa shape index (κ1) is 19.7. The molecule has 3 heterocycles. The van der Waals surface area contributed by atoms with E-state index in [0.29, 0.717) is 5.76 Å². The highest BCUT2D eigenvalue weighted by Gasteiger charge is 2.26. The second-order valence-electron chi connectivity index (χ2n) is 8.71. The van der Waals surface area contributed by atoms with E-state index in [0.717, 1.165) is 49.6 Å². The lowest BCUT2D eigenvalue weighted by atomic mass is 9.95. The average Bonchev–Trinajstić information content (AvgIpc) is 3.52. The molecule has 4 aromatic rings. The van der Waals surface area contributed by atoms with Crippen LogP contribution in [0.15, 0.2) is 77.4 Å². The molecular formula is C27H24N4O2. The second kappa shape index (κ2) is 8.20. The van der Waals surface area contributed by atoms with Crippen LogP contribution in [-0.2, 0) is 11.2 Å². The lowest BCUT2D eigenvalue weighted by Gasteiger charge is -2.31. The Morgan fingerprint density at radius 1 is 0.909 bits per heavy atom. The average molecular weight is 437 g/mol. The largest absolute Gasteiger partial charge is 0.463 e. The number of carbonyl (C=O) groups is 1. The molecule has 1 aliphatic carbocycles. The number of fused-ring (bicyclic) bond motifs is 3. The van der Waals surface area contributed by atoms with Crippen LogP contribution in [0.5, 0.6) is 0 Å². The van der Waals surface area contributed by atoms with Crippen molar-refractivity contribution in [3.05, 3.63) is 84.1 Å². The molecule has 1 amide bonds. The van der Waals surface area contributed by atoms with Crippen LogP contribution in [-0.4, -0.2) is 29.2 Å². The van der Waals surface area contributed by atoms with Crippen molar-refractivity contribution in [2.24, 2.45) is 5.92 Å². The van der Waals surface area contributed by atoms with Crippen molar-refractivity contribution in [3.63, 3.8) is 0 Å². The maximum Gasteiger partial charge on any atom is 0.227 e. The van der Waals surface area contributed by atoms with Crippen LogP contribution >= 0.6 is 0 Å². The molecule has 6 heteroatoms. The number of carbonyl (C=O) groups excluding carboxylic acids is 1. The summed E-state index contributed by atoms with van der Waals surface area (Å²) in [6.45, 7) is 1.57. The molecule has 0 spiro atoms. The van der Waals surface area contributed by atoms with Gasteiger partial charge in [0.1, 0.15) is 5.69 Å². The summed E-state index contributed by atoms with van der Waals surface area (Å²) in [5, 5.41) is 11.8. The fourth-order valence-corrected chi connectivity index (χ4v) is 4.89. The van der Waals surface area contributed by atoms with E-state index in [1.165, 1.54) is 22.3 Å². The van der Waals surface area contributed by atoms with Gasteiger partial charge in [-0.1, -0.05) is 30.3 Å². The number of piperidine rings is 1. The van der Waals surface area contributed by atoms with Gasteiger partial charge in [0.25, 0.3) is 0 Å². The Morgan fingerprint density at radius 2 is 1.76 bits per heavy atom. The molecule has 164 valence electrons. The molecule has 0 unspecified atom stereocenters. The zero-order chi connectivity index (χ0) is 22.2. The minimum atomic E-state index is 0.00190. The highest BCUT2D eigenvalue weighted by molar-refractivity contribution is 5.93. The van der Waals surface area contributed by atoms with Gasteiger partial charge in [-0.2, -0.15) is 0 Å². The summed E-state index contributed by atoms with van der Waals surface area (Å²) >= 11 is 0. The molecule has 0 radical (unpaired) electrons. The zero-order valence-corrected chi connectivity index (χ0v) is 18.2. The standard InChI is InChI=1S/C27H24N4O2/c32-27(28-21-7-8-23-20(17-21)16-19-4-1-2-5-22(19)23)18-11-13-31(14-12-18)26-10-9-24(29-30-26)25-6-3-15-33-25/h1-10,15,17-18H,11-14,16H2,(H,28,32). The Hall–Kier alpha value is -3.93. The third kappa shape index (κ3) is 3.78. The van der Waals surface area contributed by atoms with Crippen LogP contribution in [0.2, 0.25) is 0 Å². The summed E-state index contributed by atoms with van der Waals surface area (Å²) in [5.41, 5.74) is 6.81. The first-order valence-corrected chi connectivity index (χ1v) is 11.4. The monoisotopic (exact) mass is 436 g/mol. The van der Waals surface area contributed by atoms with Crippen molar-refractivity contribution >= 4 is 17.4 Å². The third-order valence-corrected chi connectivity index (χ3v) is 6.68. The van der Waals surface area contributed by atoms with E-state index < -0.39 is 0 Å². The van der Waals surface area contributed by atoms with Crippen molar-refractivity contribution in [3.8, 4) is 22.6 Å². The van der Waals surface area contributed by atoms with Crippen LogP contribution in [0, 0.1) is 5.92 Å². The van der Waals surface area contributed by atoms with Crippen LogP contribution in [0.4, 0.5) is 11.5 Å². The summed E-state index contributed by atoms with van der Waals surface area (Å²) in [5.74, 6) is 1.65. The number of rotatable bonds is 4. The molecule has 1 saturated heterocycles. The van der Waals surface area contributed by atoms with Gasteiger partial charge < -0.3 is 14.6 Å². The Balaban J connectivity index is 1.07. The first-order valence-electron chi connectivity index (χ1n) is 11.4. The third-order valence-electron chi connectivity index (χ3n) is 6.68. The van der Waals surface area contributed by atoms with Crippen LogP contribution in [0.3, 0.4) is 0 Å². The first-order chi connectivity index (χ1) is 16.2. The van der Waals surface area contributed by atoms with Gasteiger partial charge in [0, 0.05) is 24.7 Å². The molecule has 33 heavy (non-hydrogen) atoms. The summed E-state index contributed by atoms with van der Waals surface area (Å²) in [6.07, 6.45) is 4.14. The molecule has 6 rings (SSSR count). The smallest absolute Gasteiger partial charge is 0.227 e. The molecule has 2 aromatic heterocycles. The predicted molar refractivity (Wildman–Crippen MR) is 128 cm³/mol. The molecule has 0 saturated carbocycles. The van der Waals surface area contributed by atoms with Gasteiger partial charge >= 0.3 is 0 Å². The zero-order valence-electron chi connectivity index (χ0n) is 18.2. The summed E-state index contributed by atoms with van der Waals surface area (Å²) in [7, 11) is 0. The number of aromatic nitrogens is 2. The molecule has 6 nitrogen and oxygen atoms in total. The topological polar surface area (TPSA) is 71.3 Å². The number of anilines is 2. The number of hydrogen-bond donors (Lipinski definition) is 1. The molecule has 1 aliphatic heterocycles. The van der Waals surface area contributed by atoms with E-state index in [1.54, 1.807) is 6.26 Å². The normalized spacial score (nSPS) is 15.2. The maximum atomic E-state index is 12.9. The van der Waals surface area contributed by atoms with Crippen LogP contribution < -0.4 is 10.2 Å². The van der Waals surface area contributed by atoms with Gasteiger partial charge in [0.2, 0.25) is 5.91 Å². The summed E-state index contributed by atoms with van der Waals surface area (Å²) < 4.78 is 5.37. The molecule has 0 bridgehead atoms. The number of hydrogen-bond acceptors (Lipinski definition) is 5. The molecule has 0 atom stereocenters. The quantitative estimate of drug-likeness (QED) is 0.421. The Bertz CT molecular complexity index is 1290. The van der Waals surface area contributed by atoms with Gasteiger partial charge in [0.15, 0.2) is 11.6 Å². The lowest BCUT2D eigenvalue weighted by Crippen LogP contribution is -2.38. The minimum Gasteiger partial charge on any atom is -0.463 e. The SMILES string of the molecule is O=C(Nc1ccc2c(c1)Cc1ccccc1-2)C1CCN(c2ccc(-c3ccco3)nn2)CC1. The summed E-state index contributed by atoms with van der Waals surface area (Å²) in [4.78, 5) is 15.1. The lowest BCUT2D eigenvalue weighted by molar-refractivity contribution is -0.120. The van der Waals surface area contributed by atoms with Crippen molar-refractivity contribution in [1.82, 2.24) is 10.2 Å².